The highest BCUT2D eigenvalue weighted by atomic mass is 19.3. The molecule has 0 radical (unpaired) electrons. The smallest absolute Gasteiger partial charge is 0.422 e. The number of ether oxygens (including phenoxy) is 2. The zero-order valence-electron chi connectivity index (χ0n) is 18.3. The van der Waals surface area contributed by atoms with Crippen molar-refractivity contribution in [3.8, 4) is 5.75 Å². The molecule has 2 rings (SSSR count). The summed E-state index contributed by atoms with van der Waals surface area (Å²) < 4.78 is 37.2. The summed E-state index contributed by atoms with van der Waals surface area (Å²) in [5.41, 5.74) is 7.07. The van der Waals surface area contributed by atoms with Crippen LogP contribution in [-0.4, -0.2) is 42.0 Å². The van der Waals surface area contributed by atoms with Gasteiger partial charge < -0.3 is 20.1 Å². The second-order valence-corrected chi connectivity index (χ2v) is 8.18. The van der Waals surface area contributed by atoms with Crippen molar-refractivity contribution in [1.82, 2.24) is 4.90 Å². The quantitative estimate of drug-likeness (QED) is 0.485. The summed E-state index contributed by atoms with van der Waals surface area (Å²) in [4.78, 5) is 18.1. The lowest BCUT2D eigenvalue weighted by Crippen LogP contribution is -2.39. The second-order valence-electron chi connectivity index (χ2n) is 8.18. The fourth-order valence-corrected chi connectivity index (χ4v) is 2.64. The third-order valence-corrected chi connectivity index (χ3v) is 4.34. The summed E-state index contributed by atoms with van der Waals surface area (Å²) in [6.45, 7) is 10.8. The normalized spacial score (nSPS) is 15.6. The van der Waals surface area contributed by atoms with Crippen LogP contribution in [0, 0.1) is 0 Å². The second kappa shape index (κ2) is 9.76. The van der Waals surface area contributed by atoms with E-state index in [2.05, 4.69) is 16.3 Å². The Balaban J connectivity index is 2.00. The van der Waals surface area contributed by atoms with Crippen LogP contribution in [0.3, 0.4) is 0 Å². The molecule has 0 aromatic heterocycles. The van der Waals surface area contributed by atoms with Crippen LogP contribution < -0.4 is 10.5 Å². The molecule has 0 saturated carbocycles. The Morgan fingerprint density at radius 1 is 1.26 bits per heavy atom. The number of halogens is 2. The van der Waals surface area contributed by atoms with Gasteiger partial charge in [0.1, 0.15) is 11.4 Å². The van der Waals surface area contributed by atoms with E-state index in [9.17, 15) is 13.6 Å². The highest BCUT2D eigenvalue weighted by Crippen LogP contribution is 2.28. The van der Waals surface area contributed by atoms with Gasteiger partial charge in [-0.05, 0) is 64.0 Å². The van der Waals surface area contributed by atoms with E-state index < -0.39 is 11.7 Å². The number of aliphatic imine (C=N–C) groups is 1. The SMILES string of the molecule is C=C(C)C(F)(F)Oc1ccc(N=C/C(=C\N)C2=CCN(C(=O)OC(C)(C)C)CC2)cc1. The van der Waals surface area contributed by atoms with E-state index in [0.29, 0.717) is 25.2 Å². The monoisotopic (exact) mass is 433 g/mol. The lowest BCUT2D eigenvalue weighted by atomic mass is 10.0. The molecule has 0 saturated heterocycles. The molecule has 0 atom stereocenters. The molecule has 0 unspecified atom stereocenters. The first-order chi connectivity index (χ1) is 14.4. The predicted octanol–water partition coefficient (Wildman–Crippen LogP) is 5.35. The predicted molar refractivity (Wildman–Crippen MR) is 118 cm³/mol. The van der Waals surface area contributed by atoms with Crippen molar-refractivity contribution in [3.63, 3.8) is 0 Å². The highest BCUT2D eigenvalue weighted by molar-refractivity contribution is 5.86. The number of hydrogen-bond acceptors (Lipinski definition) is 5. The van der Waals surface area contributed by atoms with Gasteiger partial charge in [-0.3, -0.25) is 4.99 Å². The molecular weight excluding hydrogens is 404 g/mol. The number of allylic oxidation sites excluding steroid dienone is 1. The molecule has 6 nitrogen and oxygen atoms in total. The van der Waals surface area contributed by atoms with E-state index in [0.717, 1.165) is 11.1 Å². The minimum atomic E-state index is -3.43. The molecule has 1 aliphatic heterocycles. The Morgan fingerprint density at radius 3 is 2.39 bits per heavy atom. The van der Waals surface area contributed by atoms with E-state index in [-0.39, 0.29) is 17.4 Å². The number of carbonyl (C=O) groups excluding carboxylic acids is 1. The first-order valence-corrected chi connectivity index (χ1v) is 9.87. The molecule has 0 aliphatic carbocycles. The van der Waals surface area contributed by atoms with Crippen molar-refractivity contribution in [2.24, 2.45) is 10.7 Å². The molecule has 1 heterocycles. The molecule has 2 N–H and O–H groups in total. The summed E-state index contributed by atoms with van der Waals surface area (Å²) >= 11 is 0. The number of benzene rings is 1. The summed E-state index contributed by atoms with van der Waals surface area (Å²) in [5.74, 6) is 0.0127. The van der Waals surface area contributed by atoms with Crippen LogP contribution >= 0.6 is 0 Å². The Hall–Kier alpha value is -3.16. The molecule has 1 aromatic carbocycles. The molecule has 1 aromatic rings. The van der Waals surface area contributed by atoms with Crippen LogP contribution in [0.15, 0.2) is 64.8 Å². The van der Waals surface area contributed by atoms with Crippen molar-refractivity contribution in [2.75, 3.05) is 13.1 Å². The Kier molecular flexibility index (Phi) is 7.60. The fraction of sp³-hybridized carbons (Fsp3) is 0.391. The molecule has 31 heavy (non-hydrogen) atoms. The average Bonchev–Trinajstić information content (AvgIpc) is 2.68. The van der Waals surface area contributed by atoms with Gasteiger partial charge in [0.2, 0.25) is 0 Å². The van der Waals surface area contributed by atoms with Crippen LogP contribution in [0.25, 0.3) is 0 Å². The minimum Gasteiger partial charge on any atom is -0.444 e. The van der Waals surface area contributed by atoms with Crippen molar-refractivity contribution in [2.45, 2.75) is 45.8 Å². The summed E-state index contributed by atoms with van der Waals surface area (Å²) in [6.07, 6.45) is 1.79. The maximum atomic E-state index is 13.6. The molecule has 1 aliphatic rings. The Labute approximate surface area is 181 Å². The van der Waals surface area contributed by atoms with Gasteiger partial charge in [0.15, 0.2) is 0 Å². The molecule has 8 heteroatoms. The highest BCUT2D eigenvalue weighted by Gasteiger charge is 2.32. The number of nitrogens with two attached hydrogens (primary N) is 1. The van der Waals surface area contributed by atoms with E-state index in [4.69, 9.17) is 10.5 Å². The van der Waals surface area contributed by atoms with Gasteiger partial charge in [-0.25, -0.2) is 4.79 Å². The van der Waals surface area contributed by atoms with Gasteiger partial charge in [0.25, 0.3) is 0 Å². The number of alkyl halides is 2. The Morgan fingerprint density at radius 2 is 1.90 bits per heavy atom. The van der Waals surface area contributed by atoms with Crippen LogP contribution in [0.1, 0.15) is 34.1 Å². The van der Waals surface area contributed by atoms with Gasteiger partial charge >= 0.3 is 12.2 Å². The number of rotatable bonds is 6. The fourth-order valence-electron chi connectivity index (χ4n) is 2.64. The van der Waals surface area contributed by atoms with Crippen molar-refractivity contribution in [3.05, 3.63) is 59.8 Å². The third-order valence-electron chi connectivity index (χ3n) is 4.34. The largest absolute Gasteiger partial charge is 0.444 e. The lowest BCUT2D eigenvalue weighted by Gasteiger charge is -2.29. The molecule has 0 fully saturated rings. The number of nitrogens with zero attached hydrogens (tertiary/aromatic N) is 2. The zero-order chi connectivity index (χ0) is 23.2. The molecule has 0 bridgehead atoms. The van der Waals surface area contributed by atoms with Crippen LogP contribution in [-0.2, 0) is 4.74 Å². The van der Waals surface area contributed by atoms with Gasteiger partial charge in [-0.15, -0.1) is 0 Å². The van der Waals surface area contributed by atoms with Crippen molar-refractivity contribution < 1.29 is 23.0 Å². The van der Waals surface area contributed by atoms with Gasteiger partial charge in [0.05, 0.1) is 5.69 Å². The van der Waals surface area contributed by atoms with Crippen LogP contribution in [0.4, 0.5) is 19.3 Å². The maximum absolute atomic E-state index is 13.6. The maximum Gasteiger partial charge on any atom is 0.422 e. The van der Waals surface area contributed by atoms with E-state index in [1.54, 1.807) is 23.2 Å². The number of carbonyl (C=O) groups is 1. The molecular formula is C23H29F2N3O3. The molecule has 0 spiro atoms. The van der Waals surface area contributed by atoms with Crippen molar-refractivity contribution in [1.29, 1.82) is 0 Å². The summed E-state index contributed by atoms with van der Waals surface area (Å²) in [5, 5.41) is 0. The minimum absolute atomic E-state index is 0.0127. The molecule has 1 amide bonds. The van der Waals surface area contributed by atoms with Gasteiger partial charge in [-0.1, -0.05) is 12.7 Å². The van der Waals surface area contributed by atoms with Crippen molar-refractivity contribution >= 4 is 18.0 Å². The van der Waals surface area contributed by atoms with Crippen LogP contribution in [0.5, 0.6) is 5.75 Å². The summed E-state index contributed by atoms with van der Waals surface area (Å²) in [7, 11) is 0. The van der Waals surface area contributed by atoms with Crippen LogP contribution in [0.2, 0.25) is 0 Å². The Bertz CT molecular complexity index is 898. The first kappa shape index (κ1) is 24.1. The average molecular weight is 433 g/mol. The van der Waals surface area contributed by atoms with Gasteiger partial charge in [-0.2, -0.15) is 8.78 Å². The first-order valence-electron chi connectivity index (χ1n) is 9.87. The summed E-state index contributed by atoms with van der Waals surface area (Å²) in [6, 6.07) is 5.95. The van der Waals surface area contributed by atoms with Gasteiger partial charge in [0, 0.05) is 36.7 Å². The topological polar surface area (TPSA) is 77.2 Å². The zero-order valence-corrected chi connectivity index (χ0v) is 18.3. The standard InChI is InChI=1S/C23H29F2N3O3/c1-16(2)23(24,25)30-20-8-6-19(7-9-20)27-15-18(14-26)17-10-12-28(13-11-17)21(29)31-22(3,4)5/h6-10,14-15H,1,11-13,26H2,2-5H3/b18-14+,27-15?. The number of amides is 1. The van der Waals surface area contributed by atoms with E-state index >= 15 is 0 Å². The van der Waals surface area contributed by atoms with E-state index in [1.165, 1.54) is 25.3 Å². The lowest BCUT2D eigenvalue weighted by molar-refractivity contribution is -0.141. The van der Waals surface area contributed by atoms with E-state index in [1.807, 2.05) is 26.8 Å². The number of hydrogen-bond donors (Lipinski definition) is 1. The molecule has 168 valence electrons. The third kappa shape index (κ3) is 7.24.